The summed E-state index contributed by atoms with van der Waals surface area (Å²) in [6.45, 7) is 5.27. The molecule has 5 nitrogen and oxygen atoms in total. The van der Waals surface area contributed by atoms with E-state index < -0.39 is 10.0 Å². The van der Waals surface area contributed by atoms with Gasteiger partial charge in [0.25, 0.3) is 0 Å². The highest BCUT2D eigenvalue weighted by Gasteiger charge is 2.33. The maximum absolute atomic E-state index is 12.3. The van der Waals surface area contributed by atoms with Crippen molar-refractivity contribution in [3.8, 4) is 0 Å². The number of sulfonamides is 1. The van der Waals surface area contributed by atoms with E-state index in [4.69, 9.17) is 4.74 Å². The summed E-state index contributed by atoms with van der Waals surface area (Å²) in [5.74, 6) is 0. The summed E-state index contributed by atoms with van der Waals surface area (Å²) in [6.07, 6.45) is 1.74. The van der Waals surface area contributed by atoms with Crippen LogP contribution in [0.15, 0.2) is 10.3 Å². The van der Waals surface area contributed by atoms with Crippen molar-refractivity contribution in [3.63, 3.8) is 0 Å². The van der Waals surface area contributed by atoms with Crippen molar-refractivity contribution in [2.45, 2.75) is 49.6 Å². The summed E-state index contributed by atoms with van der Waals surface area (Å²) in [5.41, 5.74) is 1.02. The Bertz CT molecular complexity index is 548. The van der Waals surface area contributed by atoms with Crippen LogP contribution in [-0.2, 0) is 21.3 Å². The zero-order valence-electron chi connectivity index (χ0n) is 12.1. The lowest BCUT2D eigenvalue weighted by molar-refractivity contribution is -0.00474. The van der Waals surface area contributed by atoms with Crippen molar-refractivity contribution in [2.75, 3.05) is 13.7 Å². The van der Waals surface area contributed by atoms with Crippen molar-refractivity contribution < 1.29 is 13.2 Å². The van der Waals surface area contributed by atoms with Gasteiger partial charge in [-0.05, 0) is 45.4 Å². The van der Waals surface area contributed by atoms with Gasteiger partial charge in [-0.15, -0.1) is 11.3 Å². The monoisotopic (exact) mass is 318 g/mol. The Morgan fingerprint density at radius 2 is 2.15 bits per heavy atom. The molecule has 1 aromatic rings. The van der Waals surface area contributed by atoms with Crippen molar-refractivity contribution in [3.05, 3.63) is 16.5 Å². The standard InChI is InChI=1S/C13H22N2O3S2/c1-4-18-11-6-10(7-11)15-20(16,17)13-5-9(2)12(19-13)8-14-3/h5,10-11,14-15H,4,6-8H2,1-3H3. The fourth-order valence-electron chi connectivity index (χ4n) is 2.27. The summed E-state index contributed by atoms with van der Waals surface area (Å²) >= 11 is 1.33. The molecular weight excluding hydrogens is 296 g/mol. The molecule has 0 radical (unpaired) electrons. The van der Waals surface area contributed by atoms with E-state index in [-0.39, 0.29) is 12.1 Å². The van der Waals surface area contributed by atoms with Gasteiger partial charge in [-0.1, -0.05) is 0 Å². The highest BCUT2D eigenvalue weighted by atomic mass is 32.2. The minimum atomic E-state index is -3.39. The number of hydrogen-bond donors (Lipinski definition) is 2. The predicted octanol–water partition coefficient (Wildman–Crippen LogP) is 1.62. The van der Waals surface area contributed by atoms with E-state index in [1.54, 1.807) is 6.07 Å². The normalized spacial score (nSPS) is 22.8. The highest BCUT2D eigenvalue weighted by molar-refractivity contribution is 7.91. The van der Waals surface area contributed by atoms with Crippen LogP contribution >= 0.6 is 11.3 Å². The maximum atomic E-state index is 12.3. The van der Waals surface area contributed by atoms with Gasteiger partial charge in [0, 0.05) is 24.1 Å². The number of rotatable bonds is 7. The van der Waals surface area contributed by atoms with E-state index >= 15 is 0 Å². The molecule has 0 aliphatic heterocycles. The van der Waals surface area contributed by atoms with Crippen LogP contribution in [0.5, 0.6) is 0 Å². The zero-order chi connectivity index (χ0) is 14.8. The lowest BCUT2D eigenvalue weighted by Crippen LogP contribution is -2.47. The van der Waals surface area contributed by atoms with Gasteiger partial charge in [-0.2, -0.15) is 0 Å². The summed E-state index contributed by atoms with van der Waals surface area (Å²) in [6, 6.07) is 1.75. The molecule has 0 amide bonds. The Balaban J connectivity index is 1.99. The molecule has 0 bridgehead atoms. The summed E-state index contributed by atoms with van der Waals surface area (Å²) in [5, 5.41) is 3.05. The lowest BCUT2D eigenvalue weighted by Gasteiger charge is -2.34. The molecule has 1 saturated carbocycles. The van der Waals surface area contributed by atoms with Crippen LogP contribution in [0.2, 0.25) is 0 Å². The average molecular weight is 318 g/mol. The SMILES string of the molecule is CCOC1CC(NS(=O)(=O)c2cc(C)c(CNC)s2)C1. The molecule has 1 aliphatic rings. The first-order chi connectivity index (χ1) is 9.46. The maximum Gasteiger partial charge on any atom is 0.250 e. The predicted molar refractivity (Wildman–Crippen MR) is 80.6 cm³/mol. The van der Waals surface area contributed by atoms with Crippen LogP contribution in [0.1, 0.15) is 30.2 Å². The van der Waals surface area contributed by atoms with Crippen LogP contribution in [0.25, 0.3) is 0 Å². The topological polar surface area (TPSA) is 67.4 Å². The second-order valence-corrected chi connectivity index (χ2v) is 8.15. The van der Waals surface area contributed by atoms with E-state index in [1.165, 1.54) is 11.3 Å². The van der Waals surface area contributed by atoms with Gasteiger partial charge in [0.2, 0.25) is 10.0 Å². The molecule has 1 aliphatic carbocycles. The average Bonchev–Trinajstić information content (AvgIpc) is 2.70. The van der Waals surface area contributed by atoms with E-state index in [0.29, 0.717) is 17.4 Å². The van der Waals surface area contributed by atoms with Gasteiger partial charge in [0.05, 0.1) is 6.10 Å². The fraction of sp³-hybridized carbons (Fsp3) is 0.692. The van der Waals surface area contributed by atoms with Crippen LogP contribution in [0.4, 0.5) is 0 Å². The van der Waals surface area contributed by atoms with Gasteiger partial charge in [0.15, 0.2) is 0 Å². The van der Waals surface area contributed by atoms with Crippen molar-refractivity contribution >= 4 is 21.4 Å². The third-order valence-corrected chi connectivity index (χ3v) is 6.65. The second-order valence-electron chi connectivity index (χ2n) is 5.07. The van der Waals surface area contributed by atoms with Gasteiger partial charge in [-0.25, -0.2) is 13.1 Å². The van der Waals surface area contributed by atoms with Gasteiger partial charge < -0.3 is 10.1 Å². The Kier molecular flexibility index (Phi) is 5.19. The molecule has 1 fully saturated rings. The van der Waals surface area contributed by atoms with Crippen LogP contribution in [-0.4, -0.2) is 34.2 Å². The van der Waals surface area contributed by atoms with Gasteiger partial charge >= 0.3 is 0 Å². The summed E-state index contributed by atoms with van der Waals surface area (Å²) in [7, 11) is -1.54. The van der Waals surface area contributed by atoms with Gasteiger partial charge in [0.1, 0.15) is 4.21 Å². The first kappa shape index (κ1) is 15.9. The van der Waals surface area contributed by atoms with Gasteiger partial charge in [-0.3, -0.25) is 0 Å². The lowest BCUT2D eigenvalue weighted by atomic mass is 9.90. The quantitative estimate of drug-likeness (QED) is 0.802. The van der Waals surface area contributed by atoms with E-state index in [1.807, 2.05) is 20.9 Å². The minimum Gasteiger partial charge on any atom is -0.378 e. The second kappa shape index (κ2) is 6.53. The van der Waals surface area contributed by atoms with Crippen molar-refractivity contribution in [1.29, 1.82) is 0 Å². The largest absolute Gasteiger partial charge is 0.378 e. The number of aryl methyl sites for hydroxylation is 1. The first-order valence-corrected chi connectivity index (χ1v) is 9.14. The molecule has 0 aromatic carbocycles. The van der Waals surface area contributed by atoms with Crippen molar-refractivity contribution in [2.24, 2.45) is 0 Å². The molecule has 1 aromatic heterocycles. The Morgan fingerprint density at radius 3 is 2.75 bits per heavy atom. The molecule has 0 spiro atoms. The van der Waals surface area contributed by atoms with Crippen molar-refractivity contribution in [1.82, 2.24) is 10.0 Å². The Labute approximate surface area is 124 Å². The molecule has 0 saturated heterocycles. The van der Waals surface area contributed by atoms with Crippen LogP contribution < -0.4 is 10.0 Å². The molecule has 2 N–H and O–H groups in total. The third-order valence-electron chi connectivity index (χ3n) is 3.42. The molecule has 20 heavy (non-hydrogen) atoms. The van der Waals surface area contributed by atoms with E-state index in [9.17, 15) is 8.42 Å². The number of hydrogen-bond acceptors (Lipinski definition) is 5. The smallest absolute Gasteiger partial charge is 0.250 e. The van der Waals surface area contributed by atoms with E-state index in [2.05, 4.69) is 10.0 Å². The first-order valence-electron chi connectivity index (χ1n) is 6.84. The molecule has 0 atom stereocenters. The third kappa shape index (κ3) is 3.59. The summed E-state index contributed by atoms with van der Waals surface area (Å²) < 4.78 is 33.2. The molecule has 2 rings (SSSR count). The fourth-order valence-corrected chi connectivity index (χ4v) is 5.15. The summed E-state index contributed by atoms with van der Waals surface area (Å²) in [4.78, 5) is 1.06. The Morgan fingerprint density at radius 1 is 1.45 bits per heavy atom. The number of ether oxygens (including phenoxy) is 1. The van der Waals surface area contributed by atoms with Crippen LogP contribution in [0.3, 0.4) is 0 Å². The Hall–Kier alpha value is -0.470. The highest BCUT2D eigenvalue weighted by Crippen LogP contribution is 2.29. The molecule has 7 heteroatoms. The number of thiophene rings is 1. The van der Waals surface area contributed by atoms with Crippen LogP contribution in [0, 0.1) is 6.92 Å². The van der Waals surface area contributed by atoms with E-state index in [0.717, 1.165) is 23.3 Å². The molecular formula is C13H22N2O3S2. The zero-order valence-corrected chi connectivity index (χ0v) is 13.7. The minimum absolute atomic E-state index is 0.00621. The molecule has 1 heterocycles. The number of nitrogens with one attached hydrogen (secondary N) is 2. The molecule has 0 unspecified atom stereocenters. The molecule has 114 valence electrons.